The van der Waals surface area contributed by atoms with Gasteiger partial charge >= 0.3 is 6.03 Å². The van der Waals surface area contributed by atoms with Crippen molar-refractivity contribution in [1.29, 1.82) is 0 Å². The van der Waals surface area contributed by atoms with Crippen LogP contribution in [0.1, 0.15) is 11.1 Å². The average Bonchev–Trinajstić information content (AvgIpc) is 3.29. The highest BCUT2D eigenvalue weighted by Crippen LogP contribution is 2.37. The van der Waals surface area contributed by atoms with Gasteiger partial charge in [-0.05, 0) is 98.8 Å². The van der Waals surface area contributed by atoms with E-state index in [9.17, 15) is 18.8 Å². The summed E-state index contributed by atoms with van der Waals surface area (Å²) in [6.45, 7) is 0.222. The molecule has 0 saturated carbocycles. The Labute approximate surface area is 231 Å². The Morgan fingerprint density at radius 1 is 1.00 bits per heavy atom. The number of barbiturate groups is 1. The minimum absolute atomic E-state index is 0.0434. The molecule has 8 nitrogen and oxygen atoms in total. The number of nitrogens with one attached hydrogen (secondary N) is 1. The minimum Gasteiger partial charge on any atom is -0.487 e. The number of imide groups is 2. The number of anilines is 1. The van der Waals surface area contributed by atoms with Gasteiger partial charge in [-0.25, -0.2) is 14.1 Å². The second kappa shape index (κ2) is 10.0. The molecule has 2 aliphatic heterocycles. The number of ether oxygens (including phenoxy) is 3. The molecular weight excluding hydrogens is 697 g/mol. The van der Waals surface area contributed by atoms with Gasteiger partial charge in [0.05, 0.1) is 12.8 Å². The Morgan fingerprint density at radius 3 is 2.50 bits per heavy atom. The van der Waals surface area contributed by atoms with Crippen LogP contribution in [0.25, 0.3) is 6.08 Å². The first kappa shape index (κ1) is 24.5. The highest BCUT2D eigenvalue weighted by atomic mass is 127. The van der Waals surface area contributed by atoms with E-state index in [1.54, 1.807) is 30.3 Å². The van der Waals surface area contributed by atoms with Gasteiger partial charge in [0.1, 0.15) is 23.7 Å². The number of rotatable bonds is 5. The summed E-state index contributed by atoms with van der Waals surface area (Å²) in [6.07, 6.45) is 1.42. The highest BCUT2D eigenvalue weighted by molar-refractivity contribution is 14.1. The van der Waals surface area contributed by atoms with Gasteiger partial charge in [0, 0.05) is 6.07 Å². The van der Waals surface area contributed by atoms with Crippen LogP contribution < -0.4 is 24.4 Å². The lowest BCUT2D eigenvalue weighted by atomic mass is 10.1. The fourth-order valence-corrected chi connectivity index (χ4v) is 5.79. The van der Waals surface area contributed by atoms with Crippen molar-refractivity contribution in [2.75, 3.05) is 11.7 Å². The number of benzene rings is 3. The van der Waals surface area contributed by atoms with Crippen molar-refractivity contribution in [2.45, 2.75) is 6.61 Å². The number of hydrogen-bond donors (Lipinski definition) is 1. The van der Waals surface area contributed by atoms with Crippen molar-refractivity contribution in [3.8, 4) is 17.2 Å². The molecule has 2 aliphatic rings. The summed E-state index contributed by atoms with van der Waals surface area (Å²) in [5.41, 5.74) is 1.30. The van der Waals surface area contributed by atoms with Crippen molar-refractivity contribution < 1.29 is 33.0 Å². The molecular formula is C25H15FI2N2O6. The molecule has 0 spiro atoms. The van der Waals surface area contributed by atoms with Crippen LogP contribution in [0.4, 0.5) is 14.9 Å². The number of nitrogens with zero attached hydrogens (tertiary/aromatic N) is 1. The molecule has 36 heavy (non-hydrogen) atoms. The van der Waals surface area contributed by atoms with Crippen LogP contribution in [-0.2, 0) is 16.2 Å². The van der Waals surface area contributed by atoms with Crippen LogP contribution in [0.15, 0.2) is 60.2 Å². The summed E-state index contributed by atoms with van der Waals surface area (Å²) >= 11 is 4.18. The molecule has 0 aliphatic carbocycles. The molecule has 0 unspecified atom stereocenters. The maximum atomic E-state index is 13.4. The molecule has 0 radical (unpaired) electrons. The monoisotopic (exact) mass is 712 g/mol. The molecule has 4 amide bonds. The number of hydrogen-bond acceptors (Lipinski definition) is 6. The van der Waals surface area contributed by atoms with E-state index in [1.807, 2.05) is 0 Å². The predicted octanol–water partition coefficient (Wildman–Crippen LogP) is 5.01. The second-order valence-corrected chi connectivity index (χ2v) is 10.1. The molecule has 11 heteroatoms. The van der Waals surface area contributed by atoms with Crippen LogP contribution >= 0.6 is 45.2 Å². The lowest BCUT2D eigenvalue weighted by Crippen LogP contribution is -2.54. The summed E-state index contributed by atoms with van der Waals surface area (Å²) in [4.78, 5) is 39.2. The summed E-state index contributed by atoms with van der Waals surface area (Å²) in [6, 6.07) is 13.4. The SMILES string of the molecule is O=C1NC(=O)N(c2ccc3c(c2)OCO3)C(=O)/C1=C/c1cc(I)c(OCc2cccc(F)c2)c(I)c1. The van der Waals surface area contributed by atoms with Crippen molar-refractivity contribution in [1.82, 2.24) is 5.32 Å². The molecule has 1 N–H and O–H groups in total. The normalized spacial score (nSPS) is 15.9. The number of fused-ring (bicyclic) bond motifs is 1. The number of halogens is 3. The quantitative estimate of drug-likeness (QED) is 0.227. The van der Waals surface area contributed by atoms with E-state index in [4.69, 9.17) is 14.2 Å². The van der Waals surface area contributed by atoms with E-state index in [1.165, 1.54) is 30.3 Å². The second-order valence-electron chi connectivity index (χ2n) is 7.73. The Morgan fingerprint density at radius 2 is 1.75 bits per heavy atom. The maximum absolute atomic E-state index is 13.4. The van der Waals surface area contributed by atoms with Gasteiger partial charge in [-0.2, -0.15) is 0 Å². The van der Waals surface area contributed by atoms with Crippen molar-refractivity contribution in [3.63, 3.8) is 0 Å². The predicted molar refractivity (Wildman–Crippen MR) is 144 cm³/mol. The number of amides is 4. The van der Waals surface area contributed by atoms with Crippen molar-refractivity contribution in [2.24, 2.45) is 0 Å². The van der Waals surface area contributed by atoms with E-state index < -0.39 is 17.8 Å². The summed E-state index contributed by atoms with van der Waals surface area (Å²) in [5, 5.41) is 2.21. The molecule has 3 aromatic carbocycles. The molecule has 0 bridgehead atoms. The summed E-state index contributed by atoms with van der Waals surface area (Å²) in [7, 11) is 0. The van der Waals surface area contributed by atoms with Crippen molar-refractivity contribution >= 4 is 74.8 Å². The first-order chi connectivity index (χ1) is 17.3. The fourth-order valence-electron chi connectivity index (χ4n) is 3.67. The third-order valence-electron chi connectivity index (χ3n) is 5.32. The third-order valence-corrected chi connectivity index (χ3v) is 6.92. The Kier molecular flexibility index (Phi) is 6.83. The smallest absolute Gasteiger partial charge is 0.335 e. The van der Waals surface area contributed by atoms with Crippen LogP contribution in [-0.4, -0.2) is 24.6 Å². The largest absolute Gasteiger partial charge is 0.487 e. The average molecular weight is 712 g/mol. The first-order valence-electron chi connectivity index (χ1n) is 10.5. The summed E-state index contributed by atoms with van der Waals surface area (Å²) in [5.74, 6) is -0.407. The fraction of sp³-hybridized carbons (Fsp3) is 0.0800. The zero-order valence-corrected chi connectivity index (χ0v) is 22.5. The lowest BCUT2D eigenvalue weighted by molar-refractivity contribution is -0.122. The molecule has 5 rings (SSSR count). The minimum atomic E-state index is -0.855. The van der Waals surface area contributed by atoms with Gasteiger partial charge in [-0.1, -0.05) is 12.1 Å². The van der Waals surface area contributed by atoms with Crippen LogP contribution in [0.5, 0.6) is 17.2 Å². The molecule has 1 fully saturated rings. The van der Waals surface area contributed by atoms with Crippen LogP contribution in [0.3, 0.4) is 0 Å². The lowest BCUT2D eigenvalue weighted by Gasteiger charge is -2.26. The third kappa shape index (κ3) is 4.89. The van der Waals surface area contributed by atoms with Gasteiger partial charge in [-0.3, -0.25) is 14.9 Å². The van der Waals surface area contributed by atoms with Gasteiger partial charge < -0.3 is 14.2 Å². The Bertz CT molecular complexity index is 1440. The molecule has 0 aromatic heterocycles. The number of carbonyl (C=O) groups excluding carboxylic acids is 3. The van der Waals surface area contributed by atoms with Gasteiger partial charge in [0.15, 0.2) is 11.5 Å². The van der Waals surface area contributed by atoms with E-state index >= 15 is 0 Å². The number of carbonyl (C=O) groups is 3. The van der Waals surface area contributed by atoms with Gasteiger partial charge in [0.2, 0.25) is 6.79 Å². The van der Waals surface area contributed by atoms with E-state index in [-0.39, 0.29) is 30.5 Å². The molecule has 3 aromatic rings. The zero-order chi connectivity index (χ0) is 25.4. The highest BCUT2D eigenvalue weighted by Gasteiger charge is 2.37. The van der Waals surface area contributed by atoms with E-state index in [0.29, 0.717) is 28.4 Å². The summed E-state index contributed by atoms with van der Waals surface area (Å²) < 4.78 is 31.4. The standard InChI is InChI=1S/C25H15FI2N2O6/c26-15-3-1-2-13(6-15)11-34-22-18(27)8-14(9-19(22)28)7-17-23(31)29-25(33)30(24(17)32)16-4-5-20-21(10-16)36-12-35-20/h1-10H,11-12H2,(H,29,31,33)/b17-7+. The molecule has 1 saturated heterocycles. The molecule has 2 heterocycles. The topological polar surface area (TPSA) is 94.2 Å². The first-order valence-corrected chi connectivity index (χ1v) is 12.6. The maximum Gasteiger partial charge on any atom is 0.335 e. The van der Waals surface area contributed by atoms with Crippen molar-refractivity contribution in [3.05, 3.63) is 84.3 Å². The van der Waals surface area contributed by atoms with Gasteiger partial charge in [-0.15, -0.1) is 0 Å². The van der Waals surface area contributed by atoms with Gasteiger partial charge in [0.25, 0.3) is 11.8 Å². The Balaban J connectivity index is 1.41. The van der Waals surface area contributed by atoms with E-state index in [2.05, 4.69) is 50.5 Å². The molecule has 0 atom stereocenters. The number of urea groups is 1. The zero-order valence-electron chi connectivity index (χ0n) is 18.2. The van der Waals surface area contributed by atoms with E-state index in [0.717, 1.165) is 12.0 Å². The Hall–Kier alpha value is -3.20. The van der Waals surface area contributed by atoms with Crippen LogP contribution in [0, 0.1) is 13.0 Å². The molecule has 182 valence electrons. The van der Waals surface area contributed by atoms with Crippen LogP contribution in [0.2, 0.25) is 0 Å².